The third-order valence-electron chi connectivity index (χ3n) is 3.00. The van der Waals surface area contributed by atoms with Crippen LogP contribution in [0, 0.1) is 13.8 Å². The van der Waals surface area contributed by atoms with Crippen LogP contribution in [0.3, 0.4) is 0 Å². The standard InChI is InChI=1S/C15H18N2O/c1-11-5-4-6-14(12(11)2)18-15-7-8-17-10-13(15)9-16-3/h4-8,10,16H,9H2,1-3H3. The van der Waals surface area contributed by atoms with Gasteiger partial charge in [-0.15, -0.1) is 0 Å². The van der Waals surface area contributed by atoms with E-state index in [-0.39, 0.29) is 0 Å². The molecule has 2 aromatic rings. The number of aryl methyl sites for hydroxylation is 1. The largest absolute Gasteiger partial charge is 0.457 e. The van der Waals surface area contributed by atoms with Crippen molar-refractivity contribution < 1.29 is 4.74 Å². The molecule has 0 aliphatic rings. The number of hydrogen-bond acceptors (Lipinski definition) is 3. The van der Waals surface area contributed by atoms with E-state index in [9.17, 15) is 0 Å². The SMILES string of the molecule is CNCc1cnccc1Oc1cccc(C)c1C. The number of ether oxygens (including phenoxy) is 1. The lowest BCUT2D eigenvalue weighted by Crippen LogP contribution is -2.06. The summed E-state index contributed by atoms with van der Waals surface area (Å²) in [5.74, 6) is 1.76. The van der Waals surface area contributed by atoms with E-state index in [1.165, 1.54) is 11.1 Å². The summed E-state index contributed by atoms with van der Waals surface area (Å²) in [5.41, 5.74) is 3.46. The zero-order valence-electron chi connectivity index (χ0n) is 11.0. The Morgan fingerprint density at radius 2 is 2.00 bits per heavy atom. The van der Waals surface area contributed by atoms with Crippen LogP contribution < -0.4 is 10.1 Å². The topological polar surface area (TPSA) is 34.2 Å². The predicted octanol–water partition coefficient (Wildman–Crippen LogP) is 3.21. The van der Waals surface area contributed by atoms with E-state index in [1.54, 1.807) is 6.20 Å². The van der Waals surface area contributed by atoms with E-state index in [0.717, 1.165) is 23.6 Å². The molecule has 0 fully saturated rings. The Hall–Kier alpha value is -1.87. The monoisotopic (exact) mass is 242 g/mol. The van der Waals surface area contributed by atoms with Crippen LogP contribution in [0.15, 0.2) is 36.7 Å². The van der Waals surface area contributed by atoms with Gasteiger partial charge in [0.1, 0.15) is 11.5 Å². The summed E-state index contributed by atoms with van der Waals surface area (Å²) in [7, 11) is 1.91. The van der Waals surface area contributed by atoms with Gasteiger partial charge in [-0.25, -0.2) is 0 Å². The first-order valence-corrected chi connectivity index (χ1v) is 6.04. The molecule has 1 heterocycles. The first-order valence-electron chi connectivity index (χ1n) is 6.04. The molecule has 0 saturated carbocycles. The van der Waals surface area contributed by atoms with E-state index in [4.69, 9.17) is 4.74 Å². The fourth-order valence-corrected chi connectivity index (χ4v) is 1.79. The van der Waals surface area contributed by atoms with Gasteiger partial charge in [0.25, 0.3) is 0 Å². The maximum absolute atomic E-state index is 5.99. The van der Waals surface area contributed by atoms with Crippen molar-refractivity contribution in [3.05, 3.63) is 53.3 Å². The number of nitrogens with one attached hydrogen (secondary N) is 1. The molecule has 94 valence electrons. The second-order valence-corrected chi connectivity index (χ2v) is 4.31. The van der Waals surface area contributed by atoms with Gasteiger partial charge < -0.3 is 10.1 Å². The molecule has 0 unspecified atom stereocenters. The predicted molar refractivity (Wildman–Crippen MR) is 73.0 cm³/mol. The number of aromatic nitrogens is 1. The molecule has 0 saturated heterocycles. The Bertz CT molecular complexity index is 538. The number of rotatable bonds is 4. The fourth-order valence-electron chi connectivity index (χ4n) is 1.79. The highest BCUT2D eigenvalue weighted by Gasteiger charge is 2.07. The third kappa shape index (κ3) is 2.68. The second-order valence-electron chi connectivity index (χ2n) is 4.31. The zero-order valence-corrected chi connectivity index (χ0v) is 11.0. The average molecular weight is 242 g/mol. The maximum atomic E-state index is 5.99. The van der Waals surface area contributed by atoms with Gasteiger partial charge in [-0.1, -0.05) is 12.1 Å². The van der Waals surface area contributed by atoms with Gasteiger partial charge in [0.2, 0.25) is 0 Å². The smallest absolute Gasteiger partial charge is 0.135 e. The third-order valence-corrected chi connectivity index (χ3v) is 3.00. The highest BCUT2D eigenvalue weighted by atomic mass is 16.5. The van der Waals surface area contributed by atoms with Crippen LogP contribution in [0.25, 0.3) is 0 Å². The highest BCUT2D eigenvalue weighted by Crippen LogP contribution is 2.28. The van der Waals surface area contributed by atoms with Crippen molar-refractivity contribution in [1.29, 1.82) is 0 Å². The summed E-state index contributed by atoms with van der Waals surface area (Å²) < 4.78 is 5.99. The van der Waals surface area contributed by atoms with Crippen molar-refractivity contribution in [2.75, 3.05) is 7.05 Å². The average Bonchev–Trinajstić information content (AvgIpc) is 2.37. The summed E-state index contributed by atoms with van der Waals surface area (Å²) in [6.07, 6.45) is 3.58. The van der Waals surface area contributed by atoms with Gasteiger partial charge in [0.15, 0.2) is 0 Å². The van der Waals surface area contributed by atoms with E-state index >= 15 is 0 Å². The Morgan fingerprint density at radius 3 is 2.78 bits per heavy atom. The van der Waals surface area contributed by atoms with Crippen LogP contribution in [0.1, 0.15) is 16.7 Å². The minimum Gasteiger partial charge on any atom is -0.457 e. The van der Waals surface area contributed by atoms with Crippen molar-refractivity contribution in [3.63, 3.8) is 0 Å². The van der Waals surface area contributed by atoms with Crippen LogP contribution in [0.5, 0.6) is 11.5 Å². The van der Waals surface area contributed by atoms with Gasteiger partial charge in [-0.05, 0) is 44.2 Å². The summed E-state index contributed by atoms with van der Waals surface area (Å²) in [4.78, 5) is 4.13. The molecule has 1 N–H and O–H groups in total. The lowest BCUT2D eigenvalue weighted by Gasteiger charge is -2.13. The molecule has 0 aliphatic carbocycles. The van der Waals surface area contributed by atoms with E-state index in [0.29, 0.717) is 0 Å². The maximum Gasteiger partial charge on any atom is 0.135 e. The summed E-state index contributed by atoms with van der Waals surface area (Å²) in [6, 6.07) is 7.99. The minimum absolute atomic E-state index is 0.744. The molecule has 0 atom stereocenters. The Balaban J connectivity index is 2.31. The zero-order chi connectivity index (χ0) is 13.0. The molecule has 3 nitrogen and oxygen atoms in total. The van der Waals surface area contributed by atoms with Gasteiger partial charge >= 0.3 is 0 Å². The molecule has 0 amide bonds. The molecule has 2 rings (SSSR count). The molecular formula is C15H18N2O. The molecule has 0 aliphatic heterocycles. The number of benzene rings is 1. The van der Waals surface area contributed by atoms with Crippen molar-refractivity contribution in [3.8, 4) is 11.5 Å². The second kappa shape index (κ2) is 5.65. The van der Waals surface area contributed by atoms with Crippen LogP contribution in [0.2, 0.25) is 0 Å². The van der Waals surface area contributed by atoms with Crippen LogP contribution >= 0.6 is 0 Å². The molecule has 0 radical (unpaired) electrons. The van der Waals surface area contributed by atoms with Crippen molar-refractivity contribution in [2.24, 2.45) is 0 Å². The summed E-state index contributed by atoms with van der Waals surface area (Å²) >= 11 is 0. The quantitative estimate of drug-likeness (QED) is 0.894. The molecule has 3 heteroatoms. The van der Waals surface area contributed by atoms with Gasteiger partial charge in [-0.2, -0.15) is 0 Å². The number of pyridine rings is 1. The lowest BCUT2D eigenvalue weighted by molar-refractivity contribution is 0.469. The normalized spacial score (nSPS) is 10.4. The van der Waals surface area contributed by atoms with E-state index < -0.39 is 0 Å². The van der Waals surface area contributed by atoms with Gasteiger partial charge in [0, 0.05) is 24.5 Å². The van der Waals surface area contributed by atoms with E-state index in [2.05, 4.69) is 30.2 Å². The molecule has 1 aromatic carbocycles. The fraction of sp³-hybridized carbons (Fsp3) is 0.267. The van der Waals surface area contributed by atoms with E-state index in [1.807, 2.05) is 31.4 Å². The van der Waals surface area contributed by atoms with Crippen LogP contribution in [-0.2, 0) is 6.54 Å². The lowest BCUT2D eigenvalue weighted by atomic mass is 10.1. The van der Waals surface area contributed by atoms with Gasteiger partial charge in [-0.3, -0.25) is 4.98 Å². The van der Waals surface area contributed by atoms with Gasteiger partial charge in [0.05, 0.1) is 0 Å². The first-order chi connectivity index (χ1) is 8.72. The Morgan fingerprint density at radius 1 is 1.17 bits per heavy atom. The van der Waals surface area contributed by atoms with Crippen molar-refractivity contribution in [2.45, 2.75) is 20.4 Å². The number of nitrogens with zero attached hydrogens (tertiary/aromatic N) is 1. The number of hydrogen-bond donors (Lipinski definition) is 1. The first kappa shape index (κ1) is 12.6. The van der Waals surface area contributed by atoms with Crippen molar-refractivity contribution >= 4 is 0 Å². The van der Waals surface area contributed by atoms with Crippen molar-refractivity contribution in [1.82, 2.24) is 10.3 Å². The highest BCUT2D eigenvalue weighted by molar-refractivity contribution is 5.42. The Kier molecular flexibility index (Phi) is 3.95. The van der Waals surface area contributed by atoms with Crippen LogP contribution in [-0.4, -0.2) is 12.0 Å². The molecule has 0 bridgehead atoms. The molecule has 1 aromatic heterocycles. The molecule has 0 spiro atoms. The molecule has 18 heavy (non-hydrogen) atoms. The molecular weight excluding hydrogens is 224 g/mol. The van der Waals surface area contributed by atoms with Crippen LogP contribution in [0.4, 0.5) is 0 Å². The summed E-state index contributed by atoms with van der Waals surface area (Å²) in [6.45, 7) is 4.90. The summed E-state index contributed by atoms with van der Waals surface area (Å²) in [5, 5.41) is 3.12. The minimum atomic E-state index is 0.744. The Labute approximate surface area is 108 Å².